The lowest BCUT2D eigenvalue weighted by Gasteiger charge is -2.20. The summed E-state index contributed by atoms with van der Waals surface area (Å²) in [4.78, 5) is 11.4. The van der Waals surface area contributed by atoms with Crippen LogP contribution in [-0.2, 0) is 4.74 Å². The number of amides is 1. The van der Waals surface area contributed by atoms with E-state index in [2.05, 4.69) is 5.32 Å². The zero-order chi connectivity index (χ0) is 13.1. The van der Waals surface area contributed by atoms with Gasteiger partial charge in [0.15, 0.2) is 0 Å². The van der Waals surface area contributed by atoms with Gasteiger partial charge in [-0.25, -0.2) is 4.79 Å². The van der Waals surface area contributed by atoms with Gasteiger partial charge in [0, 0.05) is 6.54 Å². The molecule has 0 fully saturated rings. The SMILES string of the molecule is Cc1ccoc1C(N)CNC(=O)OC(C)(C)C. The average molecular weight is 240 g/mol. The molecule has 1 amide bonds. The van der Waals surface area contributed by atoms with Crippen LogP contribution in [0.1, 0.15) is 38.1 Å². The Morgan fingerprint density at radius 1 is 1.59 bits per heavy atom. The van der Waals surface area contributed by atoms with E-state index in [1.807, 2.05) is 33.8 Å². The summed E-state index contributed by atoms with van der Waals surface area (Å²) in [6.07, 6.45) is 1.11. The second-order valence-electron chi connectivity index (χ2n) is 4.96. The zero-order valence-electron chi connectivity index (χ0n) is 10.7. The van der Waals surface area contributed by atoms with Crippen LogP contribution < -0.4 is 11.1 Å². The van der Waals surface area contributed by atoms with Crippen LogP contribution in [0.2, 0.25) is 0 Å². The molecule has 1 heterocycles. The molecule has 1 rings (SSSR count). The molecule has 0 aliphatic carbocycles. The Labute approximate surface area is 101 Å². The maximum Gasteiger partial charge on any atom is 0.407 e. The Morgan fingerprint density at radius 3 is 2.71 bits per heavy atom. The van der Waals surface area contributed by atoms with Crippen molar-refractivity contribution in [2.45, 2.75) is 39.3 Å². The van der Waals surface area contributed by atoms with Gasteiger partial charge < -0.3 is 20.2 Å². The predicted octanol–water partition coefficient (Wildman–Crippen LogP) is 2.11. The largest absolute Gasteiger partial charge is 0.467 e. The van der Waals surface area contributed by atoms with E-state index in [1.165, 1.54) is 0 Å². The predicted molar refractivity (Wildman–Crippen MR) is 64.6 cm³/mol. The maximum absolute atomic E-state index is 11.4. The molecule has 5 nitrogen and oxygen atoms in total. The van der Waals surface area contributed by atoms with E-state index < -0.39 is 11.7 Å². The molecular formula is C12H20N2O3. The molecule has 17 heavy (non-hydrogen) atoms. The van der Waals surface area contributed by atoms with Gasteiger partial charge >= 0.3 is 6.09 Å². The van der Waals surface area contributed by atoms with Gasteiger partial charge in [0.1, 0.15) is 11.4 Å². The van der Waals surface area contributed by atoms with Crippen LogP contribution in [0.5, 0.6) is 0 Å². The molecule has 96 valence electrons. The van der Waals surface area contributed by atoms with Crippen molar-refractivity contribution in [1.82, 2.24) is 5.32 Å². The number of hydrogen-bond donors (Lipinski definition) is 2. The highest BCUT2D eigenvalue weighted by molar-refractivity contribution is 5.67. The second-order valence-corrected chi connectivity index (χ2v) is 4.96. The lowest BCUT2D eigenvalue weighted by Crippen LogP contribution is -2.36. The number of carbonyl (C=O) groups is 1. The molecule has 0 radical (unpaired) electrons. The van der Waals surface area contributed by atoms with Crippen molar-refractivity contribution in [3.05, 3.63) is 23.7 Å². The van der Waals surface area contributed by atoms with Crippen LogP contribution in [0.4, 0.5) is 4.79 Å². The lowest BCUT2D eigenvalue weighted by atomic mass is 10.1. The van der Waals surface area contributed by atoms with E-state index in [0.717, 1.165) is 5.56 Å². The minimum Gasteiger partial charge on any atom is -0.467 e. The zero-order valence-corrected chi connectivity index (χ0v) is 10.7. The first-order valence-corrected chi connectivity index (χ1v) is 5.56. The van der Waals surface area contributed by atoms with Crippen LogP contribution in [0.3, 0.4) is 0 Å². The number of alkyl carbamates (subject to hydrolysis) is 1. The van der Waals surface area contributed by atoms with Crippen molar-refractivity contribution in [2.75, 3.05) is 6.54 Å². The lowest BCUT2D eigenvalue weighted by molar-refractivity contribution is 0.0523. The van der Waals surface area contributed by atoms with E-state index in [-0.39, 0.29) is 12.6 Å². The molecule has 1 unspecified atom stereocenters. The summed E-state index contributed by atoms with van der Waals surface area (Å²) in [5.41, 5.74) is 6.36. The number of rotatable bonds is 3. The minimum atomic E-state index is -0.505. The number of aryl methyl sites for hydroxylation is 1. The summed E-state index contributed by atoms with van der Waals surface area (Å²) in [6, 6.07) is 1.47. The van der Waals surface area contributed by atoms with Crippen molar-refractivity contribution < 1.29 is 13.9 Å². The van der Waals surface area contributed by atoms with Crippen LogP contribution >= 0.6 is 0 Å². The molecule has 1 aromatic rings. The first-order chi connectivity index (χ1) is 7.79. The van der Waals surface area contributed by atoms with Gasteiger partial charge in [-0.1, -0.05) is 0 Å². The van der Waals surface area contributed by atoms with E-state index in [1.54, 1.807) is 6.26 Å². The van der Waals surface area contributed by atoms with Gasteiger partial charge in [-0.15, -0.1) is 0 Å². The first-order valence-electron chi connectivity index (χ1n) is 5.56. The third kappa shape index (κ3) is 4.48. The molecule has 0 aromatic carbocycles. The number of furan rings is 1. The molecule has 0 saturated heterocycles. The van der Waals surface area contributed by atoms with Gasteiger partial charge in [0.05, 0.1) is 12.3 Å². The fraction of sp³-hybridized carbons (Fsp3) is 0.583. The molecule has 0 aliphatic heterocycles. The minimum absolute atomic E-state index is 0.281. The molecule has 5 heteroatoms. The number of nitrogens with two attached hydrogens (primary N) is 1. The highest BCUT2D eigenvalue weighted by Crippen LogP contribution is 2.15. The van der Waals surface area contributed by atoms with Gasteiger partial charge in [0.25, 0.3) is 0 Å². The van der Waals surface area contributed by atoms with Crippen molar-refractivity contribution >= 4 is 6.09 Å². The number of ether oxygens (including phenoxy) is 1. The number of hydrogen-bond acceptors (Lipinski definition) is 4. The van der Waals surface area contributed by atoms with Crippen LogP contribution in [0, 0.1) is 6.92 Å². The van der Waals surface area contributed by atoms with E-state index in [9.17, 15) is 4.79 Å². The second kappa shape index (κ2) is 5.23. The molecule has 0 bridgehead atoms. The Bertz CT molecular complexity index is 379. The Balaban J connectivity index is 2.41. The highest BCUT2D eigenvalue weighted by atomic mass is 16.6. The molecular weight excluding hydrogens is 220 g/mol. The third-order valence-electron chi connectivity index (χ3n) is 2.10. The van der Waals surface area contributed by atoms with E-state index >= 15 is 0 Å². The van der Waals surface area contributed by atoms with Crippen molar-refractivity contribution in [1.29, 1.82) is 0 Å². The standard InChI is InChI=1S/C12H20N2O3/c1-8-5-6-16-10(8)9(13)7-14-11(15)17-12(2,3)4/h5-6,9H,7,13H2,1-4H3,(H,14,15). The summed E-state index contributed by atoms with van der Waals surface area (Å²) in [7, 11) is 0. The smallest absolute Gasteiger partial charge is 0.407 e. The summed E-state index contributed by atoms with van der Waals surface area (Å²) in [5.74, 6) is 0.682. The summed E-state index contributed by atoms with van der Waals surface area (Å²) < 4.78 is 10.3. The number of nitrogens with one attached hydrogen (secondary N) is 1. The highest BCUT2D eigenvalue weighted by Gasteiger charge is 2.18. The third-order valence-corrected chi connectivity index (χ3v) is 2.10. The normalized spacial score (nSPS) is 13.2. The van der Waals surface area contributed by atoms with Crippen LogP contribution in [0.15, 0.2) is 16.7 Å². The van der Waals surface area contributed by atoms with Gasteiger partial charge in [-0.3, -0.25) is 0 Å². The fourth-order valence-corrected chi connectivity index (χ4v) is 1.36. The van der Waals surface area contributed by atoms with E-state index in [0.29, 0.717) is 5.76 Å². The number of carbonyl (C=O) groups excluding carboxylic acids is 1. The quantitative estimate of drug-likeness (QED) is 0.848. The van der Waals surface area contributed by atoms with E-state index in [4.69, 9.17) is 14.9 Å². The first kappa shape index (κ1) is 13.6. The van der Waals surface area contributed by atoms with Crippen molar-refractivity contribution in [2.24, 2.45) is 5.73 Å². The van der Waals surface area contributed by atoms with Crippen molar-refractivity contribution in [3.63, 3.8) is 0 Å². The van der Waals surface area contributed by atoms with Crippen LogP contribution in [0.25, 0.3) is 0 Å². The van der Waals surface area contributed by atoms with Gasteiger partial charge in [-0.05, 0) is 39.3 Å². The Morgan fingerprint density at radius 2 is 2.24 bits per heavy atom. The molecule has 0 saturated carbocycles. The van der Waals surface area contributed by atoms with Crippen LogP contribution in [-0.4, -0.2) is 18.2 Å². The summed E-state index contributed by atoms with van der Waals surface area (Å²) in [6.45, 7) is 7.62. The molecule has 1 atom stereocenters. The van der Waals surface area contributed by atoms with Gasteiger partial charge in [-0.2, -0.15) is 0 Å². The molecule has 1 aromatic heterocycles. The maximum atomic E-state index is 11.4. The Kier molecular flexibility index (Phi) is 4.17. The molecule has 0 spiro atoms. The average Bonchev–Trinajstić information content (AvgIpc) is 2.58. The molecule has 0 aliphatic rings. The summed E-state index contributed by atoms with van der Waals surface area (Å²) in [5, 5.41) is 2.61. The van der Waals surface area contributed by atoms with Gasteiger partial charge in [0.2, 0.25) is 0 Å². The fourth-order valence-electron chi connectivity index (χ4n) is 1.36. The molecule has 3 N–H and O–H groups in total. The topological polar surface area (TPSA) is 77.5 Å². The monoisotopic (exact) mass is 240 g/mol. The summed E-state index contributed by atoms with van der Waals surface area (Å²) >= 11 is 0. The van der Waals surface area contributed by atoms with Crippen molar-refractivity contribution in [3.8, 4) is 0 Å². The Hall–Kier alpha value is -1.49.